The lowest BCUT2D eigenvalue weighted by Crippen LogP contribution is -2.52. The zero-order chi connectivity index (χ0) is 16.3. The van der Waals surface area contributed by atoms with Crippen LogP contribution in [0.1, 0.15) is 0 Å². The number of ether oxygens (including phenoxy) is 1. The second-order valence-corrected chi connectivity index (χ2v) is 7.48. The van der Waals surface area contributed by atoms with Gasteiger partial charge in [-0.2, -0.15) is 0 Å². The number of halogens is 3. The van der Waals surface area contributed by atoms with E-state index >= 15 is 0 Å². The number of hydrogen-bond donors (Lipinski definition) is 2. The second kappa shape index (κ2) is 7.26. The Morgan fingerprint density at radius 1 is 1.35 bits per heavy atom. The lowest BCUT2D eigenvalue weighted by Gasteiger charge is -2.34. The second-order valence-electron chi connectivity index (χ2n) is 7.05. The lowest BCUT2D eigenvalue weighted by molar-refractivity contribution is -0.0654. The van der Waals surface area contributed by atoms with Crippen molar-refractivity contribution in [1.82, 2.24) is 15.3 Å². The van der Waals surface area contributed by atoms with Crippen LogP contribution in [-0.4, -0.2) is 59.6 Å². The average Bonchev–Trinajstić information content (AvgIpc) is 3.02. The zero-order valence-electron chi connectivity index (χ0n) is 14.0. The summed E-state index contributed by atoms with van der Waals surface area (Å²) in [5.41, 5.74) is 1.42. The molecule has 0 aliphatic carbocycles. The van der Waals surface area contributed by atoms with E-state index in [4.69, 9.17) is 21.3 Å². The van der Waals surface area contributed by atoms with Crippen LogP contribution in [0.25, 0.3) is 11.0 Å². The molecule has 142 valence electrons. The van der Waals surface area contributed by atoms with E-state index in [9.17, 15) is 5.11 Å². The van der Waals surface area contributed by atoms with Crippen molar-refractivity contribution in [3.8, 4) is 0 Å². The molecular weight excluding hydrogens is 399 g/mol. The van der Waals surface area contributed by atoms with Crippen LogP contribution >= 0.6 is 36.4 Å². The summed E-state index contributed by atoms with van der Waals surface area (Å²) in [5.74, 6) is 1.37. The monoisotopic (exact) mass is 418 g/mol. The summed E-state index contributed by atoms with van der Waals surface area (Å²) in [6.07, 6.45) is 1.93. The van der Waals surface area contributed by atoms with E-state index in [1.165, 1.54) is 0 Å². The molecule has 1 spiro atoms. The van der Waals surface area contributed by atoms with Crippen LogP contribution in [-0.2, 0) is 4.74 Å². The molecule has 4 heterocycles. The van der Waals surface area contributed by atoms with Gasteiger partial charge in [-0.05, 0) is 18.2 Å². The van der Waals surface area contributed by atoms with Crippen molar-refractivity contribution in [3.05, 3.63) is 29.4 Å². The van der Waals surface area contributed by atoms with Gasteiger partial charge in [0, 0.05) is 43.1 Å². The molecule has 0 radical (unpaired) electrons. The summed E-state index contributed by atoms with van der Waals surface area (Å²) >= 11 is 6.01. The molecule has 2 aromatic rings. The summed E-state index contributed by atoms with van der Waals surface area (Å²) in [6.45, 7) is 3.47. The van der Waals surface area contributed by atoms with Gasteiger partial charge in [0.15, 0.2) is 0 Å². The maximum atomic E-state index is 9.81. The van der Waals surface area contributed by atoms with Crippen LogP contribution in [0, 0.1) is 11.8 Å². The molecule has 26 heavy (non-hydrogen) atoms. The van der Waals surface area contributed by atoms with Crippen molar-refractivity contribution in [2.75, 3.05) is 37.7 Å². The van der Waals surface area contributed by atoms with Gasteiger partial charge in [-0.1, -0.05) is 11.6 Å². The molecule has 6 nitrogen and oxygen atoms in total. The van der Waals surface area contributed by atoms with Gasteiger partial charge in [0.1, 0.15) is 11.4 Å². The maximum absolute atomic E-state index is 9.81. The van der Waals surface area contributed by atoms with Gasteiger partial charge in [-0.15, -0.1) is 24.8 Å². The molecule has 3 aliphatic heterocycles. The smallest absolute Gasteiger partial charge is 0.147 e. The number of aromatic nitrogens is 2. The van der Waals surface area contributed by atoms with Crippen LogP contribution in [0.5, 0.6) is 0 Å². The summed E-state index contributed by atoms with van der Waals surface area (Å²) in [6, 6.07) is 5.56. The highest BCUT2D eigenvalue weighted by atomic mass is 35.5. The third kappa shape index (κ3) is 2.93. The quantitative estimate of drug-likeness (QED) is 0.775. The summed E-state index contributed by atoms with van der Waals surface area (Å²) < 4.78 is 6.34. The van der Waals surface area contributed by atoms with Gasteiger partial charge in [0.2, 0.25) is 0 Å². The minimum absolute atomic E-state index is 0. The molecule has 1 aromatic heterocycles. The van der Waals surface area contributed by atoms with E-state index < -0.39 is 0 Å². The SMILES string of the molecule is Cl.Cl.OC[C@H]1[C@H]2CN(c3cnc4cc(Cl)ccc4n3)C[C@]23CNC[C@H]1O3. The Labute approximate surface area is 169 Å². The molecule has 2 N–H and O–H groups in total. The van der Waals surface area contributed by atoms with E-state index in [-0.39, 0.29) is 49.0 Å². The van der Waals surface area contributed by atoms with Crippen molar-refractivity contribution in [3.63, 3.8) is 0 Å². The number of anilines is 1. The first-order valence-corrected chi connectivity index (χ1v) is 8.73. The molecule has 9 heteroatoms. The van der Waals surface area contributed by atoms with Gasteiger partial charge >= 0.3 is 0 Å². The van der Waals surface area contributed by atoms with Crippen molar-refractivity contribution in [2.45, 2.75) is 11.7 Å². The van der Waals surface area contributed by atoms with Gasteiger partial charge in [-0.25, -0.2) is 4.98 Å². The fourth-order valence-corrected chi connectivity index (χ4v) is 4.77. The number of rotatable bonds is 2. The lowest BCUT2D eigenvalue weighted by atomic mass is 9.83. The van der Waals surface area contributed by atoms with E-state index in [0.29, 0.717) is 10.9 Å². The fourth-order valence-electron chi connectivity index (χ4n) is 4.60. The number of hydrogen-bond acceptors (Lipinski definition) is 6. The molecule has 4 atom stereocenters. The van der Waals surface area contributed by atoms with Crippen molar-refractivity contribution >= 4 is 53.3 Å². The van der Waals surface area contributed by atoms with E-state index in [2.05, 4.69) is 15.2 Å². The topological polar surface area (TPSA) is 70.5 Å². The van der Waals surface area contributed by atoms with Gasteiger partial charge < -0.3 is 20.1 Å². The normalized spacial score (nSPS) is 32.1. The fraction of sp³-hybridized carbons (Fsp3) is 0.529. The van der Waals surface area contributed by atoms with Crippen molar-refractivity contribution in [1.29, 1.82) is 0 Å². The number of aliphatic hydroxyl groups excluding tert-OH is 1. The number of aliphatic hydroxyl groups is 1. The standard InChI is InChI=1S/C17H19ClN4O2.2ClH/c18-10-1-2-13-14(3-10)20-5-16(21-13)22-6-12-11(7-23)15-4-19-8-17(12,9-22)24-15;;/h1-3,5,11-12,15,19,23H,4,6-9H2;2*1H/t11-,12+,15+,17+;;/m0../s1. The van der Waals surface area contributed by atoms with Crippen LogP contribution in [0.3, 0.4) is 0 Å². The van der Waals surface area contributed by atoms with Gasteiger partial charge in [-0.3, -0.25) is 4.98 Å². The Bertz CT molecular complexity index is 811. The Morgan fingerprint density at radius 2 is 2.19 bits per heavy atom. The summed E-state index contributed by atoms with van der Waals surface area (Å²) in [7, 11) is 0. The third-order valence-corrected chi connectivity index (χ3v) is 5.96. The Morgan fingerprint density at radius 3 is 3.00 bits per heavy atom. The molecule has 2 bridgehead atoms. The highest BCUT2D eigenvalue weighted by molar-refractivity contribution is 6.31. The minimum Gasteiger partial charge on any atom is -0.396 e. The highest BCUT2D eigenvalue weighted by Crippen LogP contribution is 2.47. The van der Waals surface area contributed by atoms with Gasteiger partial charge in [0.25, 0.3) is 0 Å². The molecule has 0 saturated carbocycles. The number of morpholine rings is 1. The first kappa shape index (κ1) is 19.9. The van der Waals surface area contributed by atoms with E-state index in [1.807, 2.05) is 18.2 Å². The Kier molecular flexibility index (Phi) is 5.55. The molecule has 3 fully saturated rings. The summed E-state index contributed by atoms with van der Waals surface area (Å²) in [5, 5.41) is 13.9. The molecule has 5 rings (SSSR count). The van der Waals surface area contributed by atoms with Crippen molar-refractivity contribution in [2.24, 2.45) is 11.8 Å². The largest absolute Gasteiger partial charge is 0.396 e. The van der Waals surface area contributed by atoms with Crippen LogP contribution in [0.2, 0.25) is 5.02 Å². The molecule has 0 amide bonds. The van der Waals surface area contributed by atoms with Crippen LogP contribution in [0.15, 0.2) is 24.4 Å². The molecule has 1 aromatic carbocycles. The van der Waals surface area contributed by atoms with Gasteiger partial charge in [0.05, 0.1) is 29.9 Å². The predicted octanol–water partition coefficient (Wildman–Crippen LogP) is 1.91. The first-order chi connectivity index (χ1) is 11.7. The average molecular weight is 420 g/mol. The molecular formula is C17H21Cl3N4O2. The third-order valence-electron chi connectivity index (χ3n) is 5.73. The Hall–Kier alpha value is -0.890. The molecule has 0 unspecified atom stereocenters. The van der Waals surface area contributed by atoms with Crippen LogP contribution < -0.4 is 10.2 Å². The molecule has 3 saturated heterocycles. The number of nitrogens with one attached hydrogen (secondary N) is 1. The Balaban J connectivity index is 0.000000980. The van der Waals surface area contributed by atoms with E-state index in [1.54, 1.807) is 6.20 Å². The van der Waals surface area contributed by atoms with Crippen LogP contribution in [0.4, 0.5) is 5.82 Å². The zero-order valence-corrected chi connectivity index (χ0v) is 16.4. The van der Waals surface area contributed by atoms with E-state index in [0.717, 1.165) is 43.0 Å². The maximum Gasteiger partial charge on any atom is 0.147 e. The highest BCUT2D eigenvalue weighted by Gasteiger charge is 2.60. The van der Waals surface area contributed by atoms with Crippen molar-refractivity contribution < 1.29 is 9.84 Å². The minimum atomic E-state index is -0.215. The number of benzene rings is 1. The predicted molar refractivity (Wildman–Crippen MR) is 106 cm³/mol. The molecule has 3 aliphatic rings. The number of nitrogens with zero attached hydrogens (tertiary/aromatic N) is 3. The number of fused-ring (bicyclic) bond motifs is 2. The first-order valence-electron chi connectivity index (χ1n) is 8.35. The summed E-state index contributed by atoms with van der Waals surface area (Å²) in [4.78, 5) is 11.5.